The molecule has 6 aromatic rings. The Balaban J connectivity index is 1.24. The van der Waals surface area contributed by atoms with Crippen molar-refractivity contribution in [1.29, 1.82) is 0 Å². The number of benzene rings is 4. The van der Waals surface area contributed by atoms with E-state index in [1.165, 1.54) is 0 Å². The molecule has 0 bridgehead atoms. The summed E-state index contributed by atoms with van der Waals surface area (Å²) in [6.45, 7) is 15.4. The highest BCUT2D eigenvalue weighted by molar-refractivity contribution is 5.73. The molecule has 2 atom stereocenters. The number of nitrogens with zero attached hydrogens (tertiary/aromatic N) is 4. The van der Waals surface area contributed by atoms with Crippen molar-refractivity contribution in [2.45, 2.75) is 93.3 Å². The summed E-state index contributed by atoms with van der Waals surface area (Å²) in [7, 11) is 0. The average molecular weight is 763 g/mol. The second-order valence-electron chi connectivity index (χ2n) is 15.3. The molecule has 7 nitrogen and oxygen atoms in total. The number of hydrogen-bond acceptors (Lipinski definition) is 7. The van der Waals surface area contributed by atoms with Gasteiger partial charge in [0.05, 0.1) is 26.4 Å². The molecule has 0 radical (unpaired) electrons. The Morgan fingerprint density at radius 3 is 1.19 bits per heavy atom. The Hall–Kier alpha value is -5.40. The standard InChI is InChI=1S/C50H58N4O3/c1-7-11-37-27-51-49(52-28-37)41-17-13-39(14-18-41)47-25-45(56-31-35(5)9-3)23-21-43(47)33-55-34-44-22-24-46(57-32-36(6)10-4)26-48(44)40-15-19-42(20-16-40)50-53-29-38(12-8-2)30-54-50/h13-30,35-36H,7-12,31-34H2,1-6H3. The predicted octanol–water partition coefficient (Wildman–Crippen LogP) is 12.4. The van der Waals surface area contributed by atoms with Crippen molar-refractivity contribution in [2.24, 2.45) is 11.8 Å². The number of ether oxygens (including phenoxy) is 3. The number of aryl methyl sites for hydroxylation is 2. The molecule has 4 aromatic carbocycles. The second kappa shape index (κ2) is 20.7. The summed E-state index contributed by atoms with van der Waals surface area (Å²) in [5.74, 6) is 4.12. The molecule has 0 spiro atoms. The van der Waals surface area contributed by atoms with E-state index in [1.54, 1.807) is 0 Å². The van der Waals surface area contributed by atoms with Crippen molar-refractivity contribution in [2.75, 3.05) is 13.2 Å². The maximum absolute atomic E-state index is 6.57. The summed E-state index contributed by atoms with van der Waals surface area (Å²) < 4.78 is 19.1. The fourth-order valence-corrected chi connectivity index (χ4v) is 6.50. The van der Waals surface area contributed by atoms with Crippen molar-refractivity contribution < 1.29 is 14.2 Å². The topological polar surface area (TPSA) is 79.2 Å². The minimum Gasteiger partial charge on any atom is -0.493 e. The molecule has 57 heavy (non-hydrogen) atoms. The number of aromatic nitrogens is 4. The second-order valence-corrected chi connectivity index (χ2v) is 15.3. The van der Waals surface area contributed by atoms with Crippen LogP contribution in [0.2, 0.25) is 0 Å². The van der Waals surface area contributed by atoms with Gasteiger partial charge >= 0.3 is 0 Å². The lowest BCUT2D eigenvalue weighted by atomic mass is 9.97. The van der Waals surface area contributed by atoms with Crippen molar-refractivity contribution in [1.82, 2.24) is 19.9 Å². The normalized spacial score (nSPS) is 12.3. The third-order valence-corrected chi connectivity index (χ3v) is 10.5. The third-order valence-electron chi connectivity index (χ3n) is 10.5. The van der Waals surface area contributed by atoms with E-state index in [0.717, 1.165) is 117 Å². The maximum Gasteiger partial charge on any atom is 0.159 e. The Morgan fingerprint density at radius 2 is 0.842 bits per heavy atom. The Labute approximate surface area is 340 Å². The fraction of sp³-hybridized carbons (Fsp3) is 0.360. The van der Waals surface area contributed by atoms with E-state index in [2.05, 4.69) is 146 Å². The van der Waals surface area contributed by atoms with Gasteiger partial charge in [-0.05, 0) is 93.5 Å². The van der Waals surface area contributed by atoms with Gasteiger partial charge in [0, 0.05) is 35.9 Å². The van der Waals surface area contributed by atoms with Crippen molar-refractivity contribution in [3.8, 4) is 56.5 Å². The van der Waals surface area contributed by atoms with Gasteiger partial charge in [0.15, 0.2) is 11.6 Å². The fourth-order valence-electron chi connectivity index (χ4n) is 6.50. The molecule has 0 fully saturated rings. The molecule has 2 unspecified atom stereocenters. The van der Waals surface area contributed by atoms with Gasteiger partial charge in [-0.25, -0.2) is 19.9 Å². The molecule has 0 N–H and O–H groups in total. The molecule has 0 saturated heterocycles. The molecule has 7 heteroatoms. The highest BCUT2D eigenvalue weighted by Crippen LogP contribution is 2.33. The third kappa shape index (κ3) is 11.4. The van der Waals surface area contributed by atoms with Gasteiger partial charge in [0.25, 0.3) is 0 Å². The molecule has 296 valence electrons. The molecule has 0 saturated carbocycles. The summed E-state index contributed by atoms with van der Waals surface area (Å²) in [6.07, 6.45) is 14.0. The van der Waals surface area contributed by atoms with Crippen LogP contribution in [0.25, 0.3) is 45.0 Å². The van der Waals surface area contributed by atoms with Crippen LogP contribution in [-0.4, -0.2) is 33.1 Å². The Bertz CT molecular complexity index is 1980. The minimum absolute atomic E-state index is 0.431. The highest BCUT2D eigenvalue weighted by atomic mass is 16.5. The Kier molecular flexibility index (Phi) is 15.0. The summed E-state index contributed by atoms with van der Waals surface area (Å²) >= 11 is 0. The quantitative estimate of drug-likeness (QED) is 0.0766. The van der Waals surface area contributed by atoms with E-state index >= 15 is 0 Å². The lowest BCUT2D eigenvalue weighted by Crippen LogP contribution is -2.08. The largest absolute Gasteiger partial charge is 0.493 e. The van der Waals surface area contributed by atoms with Gasteiger partial charge < -0.3 is 14.2 Å². The van der Waals surface area contributed by atoms with E-state index in [1.807, 2.05) is 24.8 Å². The van der Waals surface area contributed by atoms with Gasteiger partial charge in [-0.1, -0.05) is 128 Å². The molecule has 2 heterocycles. The van der Waals surface area contributed by atoms with Gasteiger partial charge in [-0.2, -0.15) is 0 Å². The summed E-state index contributed by atoms with van der Waals surface area (Å²) in [6, 6.07) is 29.6. The van der Waals surface area contributed by atoms with E-state index in [0.29, 0.717) is 38.3 Å². The lowest BCUT2D eigenvalue weighted by molar-refractivity contribution is 0.107. The molecular weight excluding hydrogens is 705 g/mol. The van der Waals surface area contributed by atoms with Crippen molar-refractivity contribution in [3.05, 3.63) is 132 Å². The zero-order chi connectivity index (χ0) is 40.0. The summed E-state index contributed by atoms with van der Waals surface area (Å²) in [5.41, 5.74) is 10.8. The van der Waals surface area contributed by atoms with Crippen LogP contribution in [0.4, 0.5) is 0 Å². The summed E-state index contributed by atoms with van der Waals surface area (Å²) in [5, 5.41) is 0. The molecule has 6 rings (SSSR count). The monoisotopic (exact) mass is 762 g/mol. The van der Waals surface area contributed by atoms with E-state index in [4.69, 9.17) is 14.2 Å². The molecule has 0 amide bonds. The van der Waals surface area contributed by atoms with Crippen LogP contribution in [0.5, 0.6) is 11.5 Å². The van der Waals surface area contributed by atoms with Crippen LogP contribution in [0, 0.1) is 11.8 Å². The number of rotatable bonds is 20. The zero-order valence-electron chi connectivity index (χ0n) is 34.6. The van der Waals surface area contributed by atoms with Crippen molar-refractivity contribution in [3.63, 3.8) is 0 Å². The van der Waals surface area contributed by atoms with Gasteiger partial charge in [-0.15, -0.1) is 0 Å². The molecular formula is C50H58N4O3. The highest BCUT2D eigenvalue weighted by Gasteiger charge is 2.14. The first-order chi connectivity index (χ1) is 27.9. The lowest BCUT2D eigenvalue weighted by Gasteiger charge is -2.17. The molecule has 0 aliphatic heterocycles. The van der Waals surface area contributed by atoms with Crippen LogP contribution in [0.15, 0.2) is 110 Å². The van der Waals surface area contributed by atoms with E-state index in [9.17, 15) is 0 Å². The first kappa shape index (κ1) is 41.2. The first-order valence-corrected chi connectivity index (χ1v) is 20.8. The SMILES string of the molecule is CCCc1cnc(-c2ccc(-c3cc(OCC(C)CC)ccc3COCc3ccc(OCC(C)CC)cc3-c3ccc(-c4ncc(CCC)cn4)cc3)cc2)nc1. The summed E-state index contributed by atoms with van der Waals surface area (Å²) in [4.78, 5) is 18.6. The Morgan fingerprint density at radius 1 is 0.474 bits per heavy atom. The molecule has 0 aliphatic carbocycles. The van der Waals surface area contributed by atoms with Crippen LogP contribution in [0.1, 0.15) is 89.5 Å². The molecule has 0 aliphatic rings. The zero-order valence-corrected chi connectivity index (χ0v) is 34.6. The van der Waals surface area contributed by atoms with E-state index < -0.39 is 0 Å². The van der Waals surface area contributed by atoms with Gasteiger partial charge in [0.2, 0.25) is 0 Å². The van der Waals surface area contributed by atoms with Crippen LogP contribution >= 0.6 is 0 Å². The van der Waals surface area contributed by atoms with Crippen molar-refractivity contribution >= 4 is 0 Å². The number of hydrogen-bond donors (Lipinski definition) is 0. The van der Waals surface area contributed by atoms with E-state index in [-0.39, 0.29) is 0 Å². The van der Waals surface area contributed by atoms with Gasteiger partial charge in [-0.3, -0.25) is 0 Å². The van der Waals surface area contributed by atoms with Crippen LogP contribution in [-0.2, 0) is 30.8 Å². The predicted molar refractivity (Wildman–Crippen MR) is 232 cm³/mol. The smallest absolute Gasteiger partial charge is 0.159 e. The van der Waals surface area contributed by atoms with Crippen LogP contribution < -0.4 is 9.47 Å². The molecule has 2 aromatic heterocycles. The average Bonchev–Trinajstić information content (AvgIpc) is 3.26. The first-order valence-electron chi connectivity index (χ1n) is 20.8. The maximum atomic E-state index is 6.57. The van der Waals surface area contributed by atoms with Crippen LogP contribution in [0.3, 0.4) is 0 Å². The minimum atomic E-state index is 0.431. The van der Waals surface area contributed by atoms with Gasteiger partial charge in [0.1, 0.15) is 11.5 Å².